The maximum Gasteiger partial charge on any atom is 0.113 e. The predicted molar refractivity (Wildman–Crippen MR) is 148 cm³/mol. The summed E-state index contributed by atoms with van der Waals surface area (Å²) < 4.78 is 0. The molecule has 7 heteroatoms. The summed E-state index contributed by atoms with van der Waals surface area (Å²) in [5, 5.41) is 3.33. The van der Waals surface area contributed by atoms with E-state index in [1.54, 1.807) is 24.7 Å². The van der Waals surface area contributed by atoms with E-state index >= 15 is 0 Å². The van der Waals surface area contributed by atoms with Crippen molar-refractivity contribution in [2.45, 2.75) is 33.1 Å². The van der Waals surface area contributed by atoms with Crippen molar-refractivity contribution in [3.05, 3.63) is 109 Å². The lowest BCUT2D eigenvalue weighted by molar-refractivity contribution is 0.829. The molecule has 4 rings (SSSR count). The Morgan fingerprint density at radius 2 is 1.92 bits per heavy atom. The number of H-pyrrole nitrogens is 1. The Balaban J connectivity index is 1.63. The number of allylic oxidation sites excluding steroid dienone is 5. The van der Waals surface area contributed by atoms with Crippen LogP contribution in [0.2, 0.25) is 0 Å². The van der Waals surface area contributed by atoms with E-state index < -0.39 is 0 Å². The van der Waals surface area contributed by atoms with Gasteiger partial charge < -0.3 is 16.0 Å². The standard InChI is InChI=1S/C29H31N7/c1-5-8-19(4)33-22(7-3)15-20(6-2)25-10-9-24(30)26(34-25)16-28-35-27-18-32-17-23(29(27)36-28)21-11-13-31-14-12-21/h6-7,9-15,17-18,33H,3-5,8,16,30H2,1-2H3,(H,35,36)/b20-6+,22-15+. The smallest absolute Gasteiger partial charge is 0.113 e. The molecule has 7 nitrogen and oxygen atoms in total. The van der Waals surface area contributed by atoms with Gasteiger partial charge >= 0.3 is 0 Å². The number of rotatable bonds is 10. The molecule has 0 bridgehead atoms. The van der Waals surface area contributed by atoms with Crippen LogP contribution in [0.4, 0.5) is 5.69 Å². The number of hydrogen-bond donors (Lipinski definition) is 3. The fourth-order valence-corrected chi connectivity index (χ4v) is 3.97. The van der Waals surface area contributed by atoms with Gasteiger partial charge in [0.05, 0.1) is 40.7 Å². The SMILES string of the molecule is C=C/C(=C\C(=C/C)c1ccc(N)c(Cc2nc3c(-c4ccncc4)cncc3[nH]2)n1)NC(=C)CCC. The van der Waals surface area contributed by atoms with Gasteiger partial charge in [0.25, 0.3) is 0 Å². The number of anilines is 1. The quantitative estimate of drug-likeness (QED) is 0.243. The van der Waals surface area contributed by atoms with Crippen molar-refractivity contribution in [2.24, 2.45) is 0 Å². The molecule has 0 radical (unpaired) electrons. The number of hydrogen-bond acceptors (Lipinski definition) is 6. The Morgan fingerprint density at radius 1 is 1.11 bits per heavy atom. The third kappa shape index (κ3) is 5.58. The summed E-state index contributed by atoms with van der Waals surface area (Å²) >= 11 is 0. The van der Waals surface area contributed by atoms with E-state index in [1.807, 2.05) is 49.5 Å². The van der Waals surface area contributed by atoms with Crippen LogP contribution in [0.5, 0.6) is 0 Å². The Labute approximate surface area is 211 Å². The van der Waals surface area contributed by atoms with Crippen molar-refractivity contribution in [1.82, 2.24) is 30.2 Å². The number of nitrogens with two attached hydrogens (primary N) is 1. The molecule has 4 N–H and O–H groups in total. The van der Waals surface area contributed by atoms with Gasteiger partial charge in [0.2, 0.25) is 0 Å². The Hall–Kier alpha value is -4.52. The minimum Gasteiger partial charge on any atom is -0.397 e. The summed E-state index contributed by atoms with van der Waals surface area (Å²) in [5.41, 5.74) is 15.0. The van der Waals surface area contributed by atoms with Gasteiger partial charge in [-0.3, -0.25) is 15.0 Å². The van der Waals surface area contributed by atoms with Gasteiger partial charge in [-0.25, -0.2) is 4.98 Å². The zero-order valence-corrected chi connectivity index (χ0v) is 20.8. The highest BCUT2D eigenvalue weighted by atomic mass is 14.9. The molecule has 0 atom stereocenters. The van der Waals surface area contributed by atoms with E-state index in [2.05, 4.69) is 40.4 Å². The number of nitrogens with zero attached hydrogens (tertiary/aromatic N) is 4. The molecule has 0 spiro atoms. The van der Waals surface area contributed by atoms with E-state index in [1.165, 1.54) is 0 Å². The number of nitrogen functional groups attached to an aromatic ring is 1. The zero-order valence-electron chi connectivity index (χ0n) is 20.8. The van der Waals surface area contributed by atoms with E-state index in [9.17, 15) is 0 Å². The van der Waals surface area contributed by atoms with Gasteiger partial charge in [-0.05, 0) is 60.9 Å². The summed E-state index contributed by atoms with van der Waals surface area (Å²) in [6, 6.07) is 7.71. The first-order chi connectivity index (χ1) is 17.5. The van der Waals surface area contributed by atoms with Crippen LogP contribution in [0.25, 0.3) is 27.7 Å². The Morgan fingerprint density at radius 3 is 2.64 bits per heavy atom. The van der Waals surface area contributed by atoms with Crippen molar-refractivity contribution >= 4 is 22.3 Å². The highest BCUT2D eigenvalue weighted by molar-refractivity contribution is 5.90. The molecule has 4 heterocycles. The lowest BCUT2D eigenvalue weighted by atomic mass is 10.1. The molecule has 0 saturated heterocycles. The third-order valence-electron chi connectivity index (χ3n) is 5.79. The number of imidazole rings is 1. The van der Waals surface area contributed by atoms with Crippen LogP contribution in [0, 0.1) is 0 Å². The van der Waals surface area contributed by atoms with E-state index in [0.717, 1.165) is 69.2 Å². The largest absolute Gasteiger partial charge is 0.397 e. The molecule has 0 fully saturated rings. The Kier molecular flexibility index (Phi) is 7.70. The number of aromatic amines is 1. The van der Waals surface area contributed by atoms with Gasteiger partial charge in [0.15, 0.2) is 0 Å². The Bertz CT molecular complexity index is 1450. The summed E-state index contributed by atoms with van der Waals surface area (Å²) in [7, 11) is 0. The van der Waals surface area contributed by atoms with E-state index in [4.69, 9.17) is 15.7 Å². The van der Waals surface area contributed by atoms with Crippen LogP contribution in [-0.2, 0) is 6.42 Å². The highest BCUT2D eigenvalue weighted by Crippen LogP contribution is 2.27. The van der Waals surface area contributed by atoms with Gasteiger partial charge in [-0.2, -0.15) is 0 Å². The van der Waals surface area contributed by atoms with Crippen LogP contribution >= 0.6 is 0 Å². The third-order valence-corrected chi connectivity index (χ3v) is 5.79. The summed E-state index contributed by atoms with van der Waals surface area (Å²) in [5.74, 6) is 0.770. The summed E-state index contributed by atoms with van der Waals surface area (Å²) in [4.78, 5) is 21.6. The summed E-state index contributed by atoms with van der Waals surface area (Å²) in [6.07, 6.45) is 15.3. The van der Waals surface area contributed by atoms with Crippen molar-refractivity contribution in [2.75, 3.05) is 5.73 Å². The number of pyridine rings is 3. The van der Waals surface area contributed by atoms with Crippen LogP contribution in [-0.4, -0.2) is 24.9 Å². The monoisotopic (exact) mass is 477 g/mol. The molecule has 4 aromatic rings. The second-order valence-corrected chi connectivity index (χ2v) is 8.44. The number of aromatic nitrogens is 5. The lowest BCUT2D eigenvalue weighted by Crippen LogP contribution is -2.10. The van der Waals surface area contributed by atoms with E-state index in [0.29, 0.717) is 12.1 Å². The second-order valence-electron chi connectivity index (χ2n) is 8.44. The first-order valence-electron chi connectivity index (χ1n) is 12.0. The molecule has 4 aromatic heterocycles. The van der Waals surface area contributed by atoms with Crippen molar-refractivity contribution < 1.29 is 0 Å². The fraction of sp³-hybridized carbons (Fsp3) is 0.172. The second kappa shape index (κ2) is 11.3. The van der Waals surface area contributed by atoms with Crippen LogP contribution < -0.4 is 11.1 Å². The van der Waals surface area contributed by atoms with Crippen LogP contribution in [0.15, 0.2) is 91.8 Å². The average Bonchev–Trinajstić information content (AvgIpc) is 3.31. The fourth-order valence-electron chi connectivity index (χ4n) is 3.97. The minimum atomic E-state index is 0.463. The molecule has 0 aliphatic rings. The molecular weight excluding hydrogens is 446 g/mol. The van der Waals surface area contributed by atoms with Crippen molar-refractivity contribution in [3.63, 3.8) is 0 Å². The molecule has 36 heavy (non-hydrogen) atoms. The molecule has 0 saturated carbocycles. The summed E-state index contributed by atoms with van der Waals surface area (Å²) in [6.45, 7) is 12.1. The molecule has 0 amide bonds. The van der Waals surface area contributed by atoms with Gasteiger partial charge in [-0.1, -0.05) is 32.6 Å². The van der Waals surface area contributed by atoms with Crippen LogP contribution in [0.1, 0.15) is 43.9 Å². The predicted octanol–water partition coefficient (Wildman–Crippen LogP) is 5.96. The zero-order chi connectivity index (χ0) is 25.5. The maximum absolute atomic E-state index is 6.32. The van der Waals surface area contributed by atoms with Gasteiger partial charge in [0.1, 0.15) is 5.82 Å². The molecule has 0 aliphatic heterocycles. The lowest BCUT2D eigenvalue weighted by Gasteiger charge is -2.12. The number of fused-ring (bicyclic) bond motifs is 1. The van der Waals surface area contributed by atoms with Gasteiger partial charge in [-0.15, -0.1) is 0 Å². The van der Waals surface area contributed by atoms with Gasteiger partial charge in [0, 0.05) is 35.5 Å². The molecule has 0 aliphatic carbocycles. The molecule has 182 valence electrons. The van der Waals surface area contributed by atoms with Crippen LogP contribution in [0.3, 0.4) is 0 Å². The maximum atomic E-state index is 6.32. The first-order valence-corrected chi connectivity index (χ1v) is 12.0. The normalized spacial score (nSPS) is 12.1. The van der Waals surface area contributed by atoms with E-state index in [-0.39, 0.29) is 0 Å². The number of nitrogens with one attached hydrogen (secondary N) is 2. The molecular formula is C29H31N7. The highest BCUT2D eigenvalue weighted by Gasteiger charge is 2.13. The van der Waals surface area contributed by atoms with Crippen molar-refractivity contribution in [1.29, 1.82) is 0 Å². The minimum absolute atomic E-state index is 0.463. The first kappa shape index (κ1) is 24.6. The average molecular weight is 478 g/mol. The topological polar surface area (TPSA) is 105 Å². The molecule has 0 unspecified atom stereocenters. The van der Waals surface area contributed by atoms with Crippen molar-refractivity contribution in [3.8, 4) is 11.1 Å². The molecule has 0 aromatic carbocycles.